The summed E-state index contributed by atoms with van der Waals surface area (Å²) in [4.78, 5) is 8.94. The lowest BCUT2D eigenvalue weighted by atomic mass is 10.0. The molecule has 0 amide bonds. The number of nitrogens with zero attached hydrogens (tertiary/aromatic N) is 2. The van der Waals surface area contributed by atoms with Crippen molar-refractivity contribution in [2.24, 2.45) is 0 Å². The zero-order valence-corrected chi connectivity index (χ0v) is 12.8. The summed E-state index contributed by atoms with van der Waals surface area (Å²) in [6, 6.07) is 0. The summed E-state index contributed by atoms with van der Waals surface area (Å²) >= 11 is 8.10. The molecule has 1 aromatic heterocycles. The van der Waals surface area contributed by atoms with Crippen molar-refractivity contribution in [1.82, 2.24) is 9.97 Å². The van der Waals surface area contributed by atoms with Gasteiger partial charge in [-0.2, -0.15) is 11.8 Å². The van der Waals surface area contributed by atoms with Crippen LogP contribution in [0.25, 0.3) is 0 Å². The van der Waals surface area contributed by atoms with Crippen LogP contribution in [0.3, 0.4) is 0 Å². The van der Waals surface area contributed by atoms with Gasteiger partial charge in [-0.25, -0.2) is 9.97 Å². The van der Waals surface area contributed by atoms with Gasteiger partial charge >= 0.3 is 0 Å². The second-order valence-electron chi connectivity index (χ2n) is 4.61. The Morgan fingerprint density at radius 1 is 1.24 bits per heavy atom. The van der Waals surface area contributed by atoms with Crippen molar-refractivity contribution >= 4 is 23.4 Å². The molecule has 0 saturated heterocycles. The minimum absolute atomic E-state index is 0.374. The summed E-state index contributed by atoms with van der Waals surface area (Å²) in [6.07, 6.45) is 1.17. The molecule has 1 unspecified atom stereocenters. The van der Waals surface area contributed by atoms with Gasteiger partial charge in [-0.3, -0.25) is 0 Å². The van der Waals surface area contributed by atoms with Gasteiger partial charge in [0.15, 0.2) is 0 Å². The van der Waals surface area contributed by atoms with Crippen LogP contribution in [0.4, 0.5) is 0 Å². The van der Waals surface area contributed by atoms with Gasteiger partial charge in [-0.15, -0.1) is 0 Å². The van der Waals surface area contributed by atoms with E-state index in [1.54, 1.807) is 0 Å². The molecule has 0 saturated carbocycles. The molecular weight excluding hydrogens is 252 g/mol. The van der Waals surface area contributed by atoms with E-state index in [1.165, 1.54) is 6.42 Å². The van der Waals surface area contributed by atoms with Crippen LogP contribution in [0.2, 0.25) is 5.15 Å². The molecule has 1 aromatic rings. The van der Waals surface area contributed by atoms with Crippen molar-refractivity contribution in [1.29, 1.82) is 0 Å². The number of hydrogen-bond donors (Lipinski definition) is 0. The van der Waals surface area contributed by atoms with E-state index in [0.29, 0.717) is 16.3 Å². The molecule has 0 spiro atoms. The Kier molecular flexibility index (Phi) is 5.74. The van der Waals surface area contributed by atoms with Crippen LogP contribution in [-0.2, 0) is 5.75 Å². The molecule has 0 aromatic carbocycles. The number of hydrogen-bond acceptors (Lipinski definition) is 3. The maximum Gasteiger partial charge on any atom is 0.140 e. The van der Waals surface area contributed by atoms with E-state index in [0.717, 1.165) is 22.8 Å². The first kappa shape index (κ1) is 14.8. The largest absolute Gasteiger partial charge is 0.237 e. The first-order chi connectivity index (χ1) is 7.95. The van der Waals surface area contributed by atoms with E-state index in [2.05, 4.69) is 37.7 Å². The topological polar surface area (TPSA) is 25.8 Å². The summed E-state index contributed by atoms with van der Waals surface area (Å²) in [5.74, 6) is 2.06. The van der Waals surface area contributed by atoms with Crippen molar-refractivity contribution in [2.45, 2.75) is 58.0 Å². The molecule has 1 heterocycles. The molecule has 4 heteroatoms. The number of halogens is 1. The lowest BCUT2D eigenvalue weighted by molar-refractivity contribution is 0.816. The van der Waals surface area contributed by atoms with Gasteiger partial charge in [0.1, 0.15) is 11.0 Å². The Balaban J connectivity index is 2.83. The number of aryl methyl sites for hydroxylation is 1. The Morgan fingerprint density at radius 2 is 1.88 bits per heavy atom. The maximum atomic E-state index is 6.22. The predicted molar refractivity (Wildman–Crippen MR) is 76.9 cm³/mol. The van der Waals surface area contributed by atoms with E-state index in [-0.39, 0.29) is 0 Å². The molecular formula is C13H21ClN2S. The van der Waals surface area contributed by atoms with Gasteiger partial charge in [0, 0.05) is 16.5 Å². The fraction of sp³-hybridized carbons (Fsp3) is 0.692. The van der Waals surface area contributed by atoms with Gasteiger partial charge in [0.05, 0.1) is 5.75 Å². The SMILES string of the molecule is CCC(C)SCc1nc(C)c(C(C)C)c(Cl)n1. The number of rotatable bonds is 5. The summed E-state index contributed by atoms with van der Waals surface area (Å²) in [5, 5.41) is 1.26. The Hall–Kier alpha value is -0.280. The minimum Gasteiger partial charge on any atom is -0.237 e. The summed E-state index contributed by atoms with van der Waals surface area (Å²) in [5.41, 5.74) is 2.09. The molecule has 0 fully saturated rings. The summed E-state index contributed by atoms with van der Waals surface area (Å²) in [7, 11) is 0. The first-order valence-electron chi connectivity index (χ1n) is 6.10. The molecule has 17 heavy (non-hydrogen) atoms. The molecule has 2 nitrogen and oxygen atoms in total. The van der Waals surface area contributed by atoms with Crippen LogP contribution in [0, 0.1) is 6.92 Å². The minimum atomic E-state index is 0.374. The zero-order valence-electron chi connectivity index (χ0n) is 11.2. The first-order valence-corrected chi connectivity index (χ1v) is 7.52. The van der Waals surface area contributed by atoms with Crippen molar-refractivity contribution in [3.63, 3.8) is 0 Å². The number of aromatic nitrogens is 2. The predicted octanol–water partition coefficient (Wildman–Crippen LogP) is 4.59. The standard InChI is InChI=1S/C13H21ClN2S/c1-6-9(4)17-7-11-15-10(5)12(8(2)3)13(14)16-11/h8-9H,6-7H2,1-5H3. The molecule has 0 N–H and O–H groups in total. The fourth-order valence-electron chi connectivity index (χ4n) is 1.66. The van der Waals surface area contributed by atoms with Crippen LogP contribution in [-0.4, -0.2) is 15.2 Å². The molecule has 0 bridgehead atoms. The fourth-order valence-corrected chi connectivity index (χ4v) is 2.91. The highest BCUT2D eigenvalue weighted by atomic mass is 35.5. The molecule has 0 radical (unpaired) electrons. The normalized spacial score (nSPS) is 13.1. The molecule has 0 aliphatic rings. The van der Waals surface area contributed by atoms with Gasteiger partial charge in [-0.1, -0.05) is 39.3 Å². The van der Waals surface area contributed by atoms with Gasteiger partial charge in [-0.05, 0) is 19.3 Å². The average molecular weight is 273 g/mol. The monoisotopic (exact) mass is 272 g/mol. The number of thioether (sulfide) groups is 1. The molecule has 1 rings (SSSR count). The zero-order chi connectivity index (χ0) is 13.0. The van der Waals surface area contributed by atoms with Crippen molar-refractivity contribution in [3.05, 3.63) is 22.2 Å². The van der Waals surface area contributed by atoms with E-state index in [4.69, 9.17) is 11.6 Å². The van der Waals surface area contributed by atoms with Crippen molar-refractivity contribution in [2.75, 3.05) is 0 Å². The highest BCUT2D eigenvalue weighted by Gasteiger charge is 2.13. The molecule has 96 valence electrons. The highest BCUT2D eigenvalue weighted by molar-refractivity contribution is 7.99. The van der Waals surface area contributed by atoms with Crippen molar-refractivity contribution in [3.8, 4) is 0 Å². The van der Waals surface area contributed by atoms with Crippen molar-refractivity contribution < 1.29 is 0 Å². The van der Waals surface area contributed by atoms with Gasteiger partial charge < -0.3 is 0 Å². The summed E-state index contributed by atoms with van der Waals surface area (Å²) in [6.45, 7) is 10.7. The van der Waals surface area contributed by atoms with Crippen LogP contribution >= 0.6 is 23.4 Å². The molecule has 0 aliphatic carbocycles. The van der Waals surface area contributed by atoms with Gasteiger partial charge in [0.2, 0.25) is 0 Å². The van der Waals surface area contributed by atoms with Crippen LogP contribution < -0.4 is 0 Å². The Labute approximate surface area is 114 Å². The third-order valence-corrected chi connectivity index (χ3v) is 4.40. The van der Waals surface area contributed by atoms with Crippen LogP contribution in [0.5, 0.6) is 0 Å². The quantitative estimate of drug-likeness (QED) is 0.733. The average Bonchev–Trinajstić information content (AvgIpc) is 2.24. The highest BCUT2D eigenvalue weighted by Crippen LogP contribution is 2.26. The molecule has 0 aliphatic heterocycles. The van der Waals surface area contributed by atoms with E-state index in [1.807, 2.05) is 18.7 Å². The maximum absolute atomic E-state index is 6.22. The lowest BCUT2D eigenvalue weighted by Crippen LogP contribution is -2.05. The smallest absolute Gasteiger partial charge is 0.140 e. The van der Waals surface area contributed by atoms with Gasteiger partial charge in [0.25, 0.3) is 0 Å². The second kappa shape index (κ2) is 6.60. The lowest BCUT2D eigenvalue weighted by Gasteiger charge is -2.13. The Bertz CT molecular complexity index is 357. The van der Waals surface area contributed by atoms with E-state index >= 15 is 0 Å². The van der Waals surface area contributed by atoms with Crippen LogP contribution in [0.15, 0.2) is 0 Å². The summed E-state index contributed by atoms with van der Waals surface area (Å²) < 4.78 is 0. The third kappa shape index (κ3) is 4.14. The third-order valence-electron chi connectivity index (χ3n) is 2.79. The van der Waals surface area contributed by atoms with E-state index in [9.17, 15) is 0 Å². The van der Waals surface area contributed by atoms with E-state index < -0.39 is 0 Å². The Morgan fingerprint density at radius 3 is 2.35 bits per heavy atom. The van der Waals surface area contributed by atoms with Crippen LogP contribution in [0.1, 0.15) is 57.1 Å². The molecule has 1 atom stereocenters. The second-order valence-corrected chi connectivity index (χ2v) is 6.40.